The first-order chi connectivity index (χ1) is 41.2. The molecule has 17 rings (SSSR count). The van der Waals surface area contributed by atoms with Gasteiger partial charge in [0.25, 0.3) is 0 Å². The van der Waals surface area contributed by atoms with E-state index >= 15 is 0 Å². The highest BCUT2D eigenvalue weighted by Crippen LogP contribution is 2.54. The monoisotopic (exact) mass is 1070 g/mol. The summed E-state index contributed by atoms with van der Waals surface area (Å²) in [5.74, 6) is 0. The zero-order valence-electron chi connectivity index (χ0n) is 47.0. The summed E-state index contributed by atoms with van der Waals surface area (Å²) in [6, 6.07) is 90.3. The normalized spacial score (nSPS) is 12.0. The molecule has 0 fully saturated rings. The Morgan fingerprint density at radius 3 is 0.655 bits per heavy atom. The minimum absolute atomic E-state index is 0.910. The molecule has 0 saturated heterocycles. The molecular formula is C80H54N4. The third kappa shape index (κ3) is 7.47. The molecule has 0 unspecified atom stereocenters. The fraction of sp³-hybridized carbons (Fsp3) is 0.0500. The first-order valence-corrected chi connectivity index (χ1v) is 29.1. The molecule has 2 N–H and O–H groups in total. The molecule has 8 bridgehead atoms. The van der Waals surface area contributed by atoms with E-state index in [0.29, 0.717) is 0 Å². The van der Waals surface area contributed by atoms with Crippen LogP contribution in [0.1, 0.15) is 22.3 Å². The van der Waals surface area contributed by atoms with E-state index in [0.717, 1.165) is 176 Å². The van der Waals surface area contributed by atoms with Crippen molar-refractivity contribution in [1.29, 1.82) is 0 Å². The topological polar surface area (TPSA) is 57.4 Å². The van der Waals surface area contributed by atoms with Gasteiger partial charge >= 0.3 is 0 Å². The molecule has 4 heterocycles. The molecule has 4 heteroatoms. The molecule has 0 spiro atoms. The lowest BCUT2D eigenvalue weighted by molar-refractivity contribution is 1.38. The zero-order chi connectivity index (χ0) is 55.9. The third-order valence-corrected chi connectivity index (χ3v) is 17.8. The van der Waals surface area contributed by atoms with Crippen LogP contribution in [0.3, 0.4) is 0 Å². The van der Waals surface area contributed by atoms with Crippen LogP contribution < -0.4 is 0 Å². The molecule has 84 heavy (non-hydrogen) atoms. The summed E-state index contributed by atoms with van der Waals surface area (Å²) in [4.78, 5) is 21.2. The maximum atomic E-state index is 6.25. The van der Waals surface area contributed by atoms with Gasteiger partial charge in [0.2, 0.25) is 0 Å². The molecule has 14 aromatic rings. The van der Waals surface area contributed by atoms with Gasteiger partial charge in [-0.15, -0.1) is 0 Å². The molecule has 1 aliphatic carbocycles. The van der Waals surface area contributed by atoms with E-state index in [2.05, 4.69) is 280 Å². The van der Waals surface area contributed by atoms with Crippen LogP contribution in [0, 0.1) is 27.7 Å². The number of rotatable bonds is 4. The highest BCUT2D eigenvalue weighted by Gasteiger charge is 2.31. The average Bonchev–Trinajstić information content (AvgIpc) is 2.53. The smallest absolute Gasteiger partial charge is 0.0816 e. The maximum Gasteiger partial charge on any atom is 0.0816 e. The highest BCUT2D eigenvalue weighted by molar-refractivity contribution is 6.25. The number of hydrogen-bond acceptors (Lipinski definition) is 2. The standard InChI is InChI=1S/C80H54N4/c1-45-17-13-29-57(33-45)69-73-61-37-49-21-5-7-23-51(49)39-63(61)75(81-73)70(58-30-14-18-46(2)34-58)77-65-41-53-25-9-11-27-55(53)43-67(65)79(83-77)72(60-32-16-20-48(4)36-60)80-68-44-56-28-12-10-26-54(56)42-66(68)78(84-80)71(59-31-15-19-47(3)35-59)76-64-40-52-24-8-6-22-50(52)38-62(64)74(69)82-76/h5-44,81,84H,1-4H3. The Kier molecular flexibility index (Phi) is 10.5. The molecule has 2 aliphatic heterocycles. The number of aromatic amines is 2. The summed E-state index contributed by atoms with van der Waals surface area (Å²) in [6.45, 7) is 8.78. The van der Waals surface area contributed by atoms with E-state index in [9.17, 15) is 0 Å². The highest BCUT2D eigenvalue weighted by atomic mass is 14.8. The Morgan fingerprint density at radius 1 is 0.226 bits per heavy atom. The van der Waals surface area contributed by atoms with Gasteiger partial charge in [-0.05, 0) is 142 Å². The summed E-state index contributed by atoms with van der Waals surface area (Å²) in [5.41, 5.74) is 25.0. The molecule has 3 aliphatic rings. The van der Waals surface area contributed by atoms with Crippen molar-refractivity contribution in [2.45, 2.75) is 27.7 Å². The van der Waals surface area contributed by atoms with Gasteiger partial charge in [-0.1, -0.05) is 216 Å². The number of H-pyrrole nitrogens is 2. The second-order valence-corrected chi connectivity index (χ2v) is 23.3. The summed E-state index contributed by atoms with van der Waals surface area (Å²) < 4.78 is 0. The van der Waals surface area contributed by atoms with Crippen LogP contribution in [-0.4, -0.2) is 19.9 Å². The van der Waals surface area contributed by atoms with E-state index in [-0.39, 0.29) is 0 Å². The van der Waals surface area contributed by atoms with Gasteiger partial charge in [-0.2, -0.15) is 0 Å². The molecule has 394 valence electrons. The van der Waals surface area contributed by atoms with Crippen molar-refractivity contribution >= 4 is 86.7 Å². The summed E-state index contributed by atoms with van der Waals surface area (Å²) in [7, 11) is 0. The van der Waals surface area contributed by atoms with Crippen molar-refractivity contribution in [2.75, 3.05) is 0 Å². The molecule has 4 nitrogen and oxygen atoms in total. The van der Waals surface area contributed by atoms with Crippen molar-refractivity contribution in [3.8, 4) is 89.5 Å². The summed E-state index contributed by atoms with van der Waals surface area (Å²) >= 11 is 0. The zero-order valence-corrected chi connectivity index (χ0v) is 47.0. The lowest BCUT2D eigenvalue weighted by Crippen LogP contribution is -1.89. The minimum atomic E-state index is 0.910. The van der Waals surface area contributed by atoms with Crippen LogP contribution >= 0.6 is 0 Å². The molecular weight excluding hydrogens is 1020 g/mol. The predicted octanol–water partition coefficient (Wildman–Crippen LogP) is 21.8. The third-order valence-electron chi connectivity index (χ3n) is 17.8. The SMILES string of the molecule is Cc1cccc(-c2c3nc(c(-c4cccc(C)c4)c4[nH]c(c(-c5cccc(C)c5)c5nc(c(-c6cccc(C)c6)c6[nH]c2c2cc7ccccc7cc62)-c2cc6ccccc6cc2-5)c2cc5ccccc5cc42)-c2cc4ccccc4cc2-3)c1. The van der Waals surface area contributed by atoms with Crippen molar-refractivity contribution in [2.24, 2.45) is 0 Å². The fourth-order valence-corrected chi connectivity index (χ4v) is 13.9. The minimum Gasteiger partial charge on any atom is -0.353 e. The van der Waals surface area contributed by atoms with Crippen LogP contribution in [0.15, 0.2) is 243 Å². The van der Waals surface area contributed by atoms with Gasteiger partial charge in [-0.25, -0.2) is 9.97 Å². The number of nitrogens with zero attached hydrogens (tertiary/aromatic N) is 2. The lowest BCUT2D eigenvalue weighted by Gasteiger charge is -2.11. The first kappa shape index (κ1) is 48.1. The molecule has 12 aromatic carbocycles. The molecule has 0 atom stereocenters. The Hall–Kier alpha value is -10.7. The number of aryl methyl sites for hydroxylation is 4. The molecule has 0 radical (unpaired) electrons. The summed E-state index contributed by atoms with van der Waals surface area (Å²) in [6.07, 6.45) is 0. The van der Waals surface area contributed by atoms with Gasteiger partial charge in [-0.3, -0.25) is 0 Å². The van der Waals surface area contributed by atoms with Crippen LogP contribution in [0.2, 0.25) is 0 Å². The van der Waals surface area contributed by atoms with E-state index < -0.39 is 0 Å². The number of aromatic nitrogens is 4. The Balaban J connectivity index is 1.24. The Morgan fingerprint density at radius 2 is 0.440 bits per heavy atom. The van der Waals surface area contributed by atoms with Crippen molar-refractivity contribution in [1.82, 2.24) is 19.9 Å². The number of benzene rings is 12. The fourth-order valence-electron chi connectivity index (χ4n) is 13.9. The number of hydrogen-bond donors (Lipinski definition) is 2. The Bertz CT molecular complexity index is 4880. The van der Waals surface area contributed by atoms with Crippen LogP contribution in [-0.2, 0) is 0 Å². The van der Waals surface area contributed by atoms with Crippen LogP contribution in [0.4, 0.5) is 0 Å². The Labute approximate surface area is 486 Å². The first-order valence-electron chi connectivity index (χ1n) is 29.1. The van der Waals surface area contributed by atoms with Gasteiger partial charge in [0, 0.05) is 66.1 Å². The summed E-state index contributed by atoms with van der Waals surface area (Å²) in [5, 5.41) is 13.7. The van der Waals surface area contributed by atoms with E-state index in [4.69, 9.17) is 9.97 Å². The van der Waals surface area contributed by atoms with E-state index in [1.165, 1.54) is 22.3 Å². The van der Waals surface area contributed by atoms with Crippen LogP contribution in [0.25, 0.3) is 176 Å². The van der Waals surface area contributed by atoms with Crippen molar-refractivity contribution in [3.05, 3.63) is 265 Å². The second-order valence-electron chi connectivity index (χ2n) is 23.3. The van der Waals surface area contributed by atoms with Gasteiger partial charge in [0.05, 0.1) is 44.8 Å². The molecule has 0 saturated carbocycles. The van der Waals surface area contributed by atoms with E-state index in [1.807, 2.05) is 0 Å². The van der Waals surface area contributed by atoms with Crippen molar-refractivity contribution in [3.63, 3.8) is 0 Å². The predicted molar refractivity (Wildman–Crippen MR) is 356 cm³/mol. The van der Waals surface area contributed by atoms with Crippen LogP contribution in [0.5, 0.6) is 0 Å². The number of nitrogens with one attached hydrogen (secondary N) is 2. The van der Waals surface area contributed by atoms with Gasteiger partial charge < -0.3 is 9.97 Å². The quantitative estimate of drug-likeness (QED) is 0.185. The van der Waals surface area contributed by atoms with E-state index in [1.54, 1.807) is 0 Å². The van der Waals surface area contributed by atoms with Crippen molar-refractivity contribution < 1.29 is 0 Å². The average molecular weight is 1070 g/mol. The molecule has 2 aromatic heterocycles. The lowest BCUT2D eigenvalue weighted by atomic mass is 9.90. The van der Waals surface area contributed by atoms with Gasteiger partial charge in [0.15, 0.2) is 0 Å². The second kappa shape index (κ2) is 18.4. The largest absolute Gasteiger partial charge is 0.353 e. The van der Waals surface area contributed by atoms with Gasteiger partial charge in [0.1, 0.15) is 0 Å². The maximum absolute atomic E-state index is 6.25. The molecule has 0 amide bonds. The number of fused-ring (bicyclic) bond motifs is 4.